The summed E-state index contributed by atoms with van der Waals surface area (Å²) in [6, 6.07) is 4.55. The second-order valence-electron chi connectivity index (χ2n) is 6.44. The summed E-state index contributed by atoms with van der Waals surface area (Å²) < 4.78 is 1.000. The molecule has 0 aliphatic heterocycles. The predicted octanol–water partition coefficient (Wildman–Crippen LogP) is 2.05. The number of carbonyl (C=O) groups excluding carboxylic acids is 1. The van der Waals surface area contributed by atoms with Crippen LogP contribution in [0.4, 0.5) is 0 Å². The highest BCUT2D eigenvalue weighted by Gasteiger charge is 2.18. The van der Waals surface area contributed by atoms with E-state index in [-0.39, 0.29) is 16.5 Å². The molecular formula is C18H19ClN4O3. The zero-order valence-electron chi connectivity index (χ0n) is 14.1. The molecule has 0 radical (unpaired) electrons. The molecule has 1 fully saturated rings. The van der Waals surface area contributed by atoms with Crippen LogP contribution in [0.1, 0.15) is 36.0 Å². The highest BCUT2D eigenvalue weighted by molar-refractivity contribution is 6.33. The van der Waals surface area contributed by atoms with Gasteiger partial charge < -0.3 is 5.32 Å². The number of hydrogen-bond donors (Lipinski definition) is 2. The predicted molar refractivity (Wildman–Crippen MR) is 98.9 cm³/mol. The maximum absolute atomic E-state index is 12.5. The smallest absolute Gasteiger partial charge is 0.349 e. The van der Waals surface area contributed by atoms with Crippen molar-refractivity contribution < 1.29 is 4.79 Å². The van der Waals surface area contributed by atoms with Gasteiger partial charge in [-0.15, -0.1) is 0 Å². The van der Waals surface area contributed by atoms with Gasteiger partial charge in [0.15, 0.2) is 0 Å². The van der Waals surface area contributed by atoms with E-state index in [1.54, 1.807) is 6.07 Å². The molecule has 1 atom stereocenters. The third-order valence-corrected chi connectivity index (χ3v) is 4.75. The van der Waals surface area contributed by atoms with Crippen LogP contribution in [-0.2, 0) is 0 Å². The number of allylic oxidation sites excluding steroid dienone is 1. The second kappa shape index (κ2) is 7.70. The highest BCUT2D eigenvalue weighted by Crippen LogP contribution is 2.27. The molecule has 8 heteroatoms. The van der Waals surface area contributed by atoms with Crippen LogP contribution in [0.5, 0.6) is 0 Å². The Balaban J connectivity index is 1.78. The van der Waals surface area contributed by atoms with E-state index in [2.05, 4.69) is 22.0 Å². The summed E-state index contributed by atoms with van der Waals surface area (Å²) in [6.45, 7) is 4.58. The third kappa shape index (κ3) is 4.11. The zero-order valence-corrected chi connectivity index (χ0v) is 14.9. The lowest BCUT2D eigenvalue weighted by Gasteiger charge is -2.23. The number of rotatable bonds is 4. The summed E-state index contributed by atoms with van der Waals surface area (Å²) in [5, 5.41) is 6.96. The molecule has 0 saturated heterocycles. The molecule has 2 aromatic rings. The minimum Gasteiger partial charge on any atom is -0.352 e. The Bertz CT molecular complexity index is 963. The van der Waals surface area contributed by atoms with E-state index < -0.39 is 11.2 Å². The monoisotopic (exact) mass is 374 g/mol. The van der Waals surface area contributed by atoms with Crippen molar-refractivity contribution >= 4 is 17.5 Å². The molecule has 1 aliphatic carbocycles. The normalized spacial score (nSPS) is 17.1. The lowest BCUT2D eigenvalue weighted by atomic mass is 9.86. The first-order valence-corrected chi connectivity index (χ1v) is 8.75. The largest absolute Gasteiger partial charge is 0.352 e. The molecule has 7 nitrogen and oxygen atoms in total. The summed E-state index contributed by atoms with van der Waals surface area (Å²) in [5.74, 6) is 0.0659. The minimum atomic E-state index is -0.688. The summed E-state index contributed by atoms with van der Waals surface area (Å²) >= 11 is 6.15. The van der Waals surface area contributed by atoms with E-state index in [0.717, 1.165) is 36.6 Å². The van der Waals surface area contributed by atoms with Gasteiger partial charge in [-0.25, -0.2) is 4.79 Å². The third-order valence-electron chi connectivity index (χ3n) is 4.42. The van der Waals surface area contributed by atoms with Crippen molar-refractivity contribution in [3.05, 3.63) is 68.0 Å². The van der Waals surface area contributed by atoms with Crippen LogP contribution >= 0.6 is 11.6 Å². The van der Waals surface area contributed by atoms with Gasteiger partial charge in [-0.3, -0.25) is 14.6 Å². The fourth-order valence-electron chi connectivity index (χ4n) is 3.12. The van der Waals surface area contributed by atoms with Crippen LogP contribution in [0.2, 0.25) is 5.02 Å². The SMILES string of the molecule is C=C1CCCC(CNC(=O)c2cc(-n3ncc(=O)[nH]c3=O)ccc2Cl)C1. The molecule has 136 valence electrons. The molecule has 1 heterocycles. The van der Waals surface area contributed by atoms with Crippen molar-refractivity contribution in [1.29, 1.82) is 0 Å². The summed E-state index contributed by atoms with van der Waals surface area (Å²) in [5.41, 5.74) is 0.531. The van der Waals surface area contributed by atoms with Gasteiger partial charge in [0.1, 0.15) is 6.20 Å². The quantitative estimate of drug-likeness (QED) is 0.800. The van der Waals surface area contributed by atoms with E-state index in [4.69, 9.17) is 11.6 Å². The maximum Gasteiger partial charge on any atom is 0.349 e. The summed E-state index contributed by atoms with van der Waals surface area (Å²) in [6.07, 6.45) is 5.12. The number of amides is 1. The molecule has 0 bridgehead atoms. The molecule has 1 unspecified atom stereocenters. The van der Waals surface area contributed by atoms with Crippen LogP contribution in [0.25, 0.3) is 5.69 Å². The second-order valence-corrected chi connectivity index (χ2v) is 6.84. The number of aromatic nitrogens is 3. The molecular weight excluding hydrogens is 356 g/mol. The van der Waals surface area contributed by atoms with E-state index >= 15 is 0 Å². The van der Waals surface area contributed by atoms with Crippen LogP contribution in [0.15, 0.2) is 46.1 Å². The molecule has 1 saturated carbocycles. The standard InChI is InChI=1S/C18H19ClN4O3/c1-11-3-2-4-12(7-11)9-20-17(25)14-8-13(5-6-15(14)19)23-18(26)22-16(24)10-21-23/h5-6,8,10,12H,1-4,7,9H2,(H,20,25)(H,22,24,26). The average molecular weight is 375 g/mol. The number of carbonyl (C=O) groups is 1. The Kier molecular flexibility index (Phi) is 5.37. The van der Waals surface area contributed by atoms with Gasteiger partial charge in [0.05, 0.1) is 16.3 Å². The van der Waals surface area contributed by atoms with Crippen LogP contribution in [0, 0.1) is 5.92 Å². The zero-order chi connectivity index (χ0) is 18.7. The Morgan fingerprint density at radius 1 is 1.42 bits per heavy atom. The van der Waals surface area contributed by atoms with E-state index in [0.29, 0.717) is 18.2 Å². The molecule has 3 rings (SSSR count). The lowest BCUT2D eigenvalue weighted by Crippen LogP contribution is -2.32. The molecule has 1 aromatic carbocycles. The molecule has 2 N–H and O–H groups in total. The Hall–Kier alpha value is -2.67. The lowest BCUT2D eigenvalue weighted by molar-refractivity contribution is 0.0945. The van der Waals surface area contributed by atoms with Gasteiger partial charge >= 0.3 is 5.69 Å². The van der Waals surface area contributed by atoms with E-state index in [1.165, 1.54) is 17.7 Å². The van der Waals surface area contributed by atoms with Crippen molar-refractivity contribution in [2.75, 3.05) is 6.54 Å². The summed E-state index contributed by atoms with van der Waals surface area (Å²) in [7, 11) is 0. The van der Waals surface area contributed by atoms with Gasteiger partial charge in [0.2, 0.25) is 0 Å². The molecule has 1 aromatic heterocycles. The van der Waals surface area contributed by atoms with Gasteiger partial charge in [-0.05, 0) is 49.8 Å². The molecule has 26 heavy (non-hydrogen) atoms. The van der Waals surface area contributed by atoms with E-state index in [1.807, 2.05) is 0 Å². The van der Waals surface area contributed by atoms with Crippen LogP contribution < -0.4 is 16.6 Å². The number of nitrogens with one attached hydrogen (secondary N) is 2. The average Bonchev–Trinajstić information content (AvgIpc) is 2.60. The van der Waals surface area contributed by atoms with E-state index in [9.17, 15) is 14.4 Å². The highest BCUT2D eigenvalue weighted by atomic mass is 35.5. The van der Waals surface area contributed by atoms with Gasteiger partial charge in [-0.1, -0.05) is 23.8 Å². The van der Waals surface area contributed by atoms with Crippen molar-refractivity contribution in [2.24, 2.45) is 5.92 Å². The first-order valence-electron chi connectivity index (χ1n) is 8.37. The van der Waals surface area contributed by atoms with Crippen LogP contribution in [-0.4, -0.2) is 27.2 Å². The number of aromatic amines is 1. The number of halogens is 1. The Morgan fingerprint density at radius 3 is 2.96 bits per heavy atom. The fraction of sp³-hybridized carbons (Fsp3) is 0.333. The Morgan fingerprint density at radius 2 is 2.23 bits per heavy atom. The van der Waals surface area contributed by atoms with Crippen molar-refractivity contribution in [3.8, 4) is 5.69 Å². The maximum atomic E-state index is 12.5. The first kappa shape index (κ1) is 18.1. The van der Waals surface area contributed by atoms with Gasteiger partial charge in [0.25, 0.3) is 11.5 Å². The number of H-pyrrole nitrogens is 1. The molecule has 1 amide bonds. The first-order chi connectivity index (χ1) is 12.4. The van der Waals surface area contributed by atoms with Crippen molar-refractivity contribution in [3.63, 3.8) is 0 Å². The number of benzene rings is 1. The number of hydrogen-bond acceptors (Lipinski definition) is 4. The fourth-order valence-corrected chi connectivity index (χ4v) is 3.32. The van der Waals surface area contributed by atoms with Gasteiger partial charge in [0, 0.05) is 6.54 Å². The number of nitrogens with zero attached hydrogens (tertiary/aromatic N) is 2. The minimum absolute atomic E-state index is 0.249. The van der Waals surface area contributed by atoms with Crippen LogP contribution in [0.3, 0.4) is 0 Å². The van der Waals surface area contributed by atoms with Crippen molar-refractivity contribution in [1.82, 2.24) is 20.1 Å². The molecule has 0 spiro atoms. The summed E-state index contributed by atoms with van der Waals surface area (Å²) in [4.78, 5) is 37.7. The van der Waals surface area contributed by atoms with Crippen molar-refractivity contribution in [2.45, 2.75) is 25.7 Å². The van der Waals surface area contributed by atoms with Gasteiger partial charge in [-0.2, -0.15) is 9.78 Å². The Labute approximate surface area is 154 Å². The topological polar surface area (TPSA) is 96.8 Å². The molecule has 1 aliphatic rings.